The Balaban J connectivity index is 2.79. The lowest BCUT2D eigenvalue weighted by molar-refractivity contribution is -0.125. The van der Waals surface area contributed by atoms with E-state index in [-0.39, 0.29) is 6.29 Å². The predicted molar refractivity (Wildman–Crippen MR) is 61.1 cm³/mol. The standard InChI is InChI=1S/C12H14O5/c13-7-10(15)12(17)11(16)9(14)6-8-4-2-1-3-5-8/h1-7,10-12,14-17H/t10-,11+,12+/m0/s1. The summed E-state index contributed by atoms with van der Waals surface area (Å²) in [6, 6.07) is 8.64. The molecule has 0 aromatic heterocycles. The second kappa shape index (κ2) is 6.15. The van der Waals surface area contributed by atoms with E-state index in [9.17, 15) is 20.1 Å². The van der Waals surface area contributed by atoms with Crippen LogP contribution in [0.2, 0.25) is 0 Å². The zero-order chi connectivity index (χ0) is 12.8. The summed E-state index contributed by atoms with van der Waals surface area (Å²) < 4.78 is 0. The molecule has 0 unspecified atom stereocenters. The highest BCUT2D eigenvalue weighted by molar-refractivity contribution is 5.57. The van der Waals surface area contributed by atoms with Crippen molar-refractivity contribution in [2.45, 2.75) is 18.3 Å². The minimum atomic E-state index is -1.76. The number of carbonyl (C=O) groups is 1. The van der Waals surface area contributed by atoms with E-state index in [0.29, 0.717) is 5.56 Å². The molecule has 0 aliphatic heterocycles. The van der Waals surface area contributed by atoms with Crippen molar-refractivity contribution < 1.29 is 25.2 Å². The number of hydrogen-bond acceptors (Lipinski definition) is 5. The van der Waals surface area contributed by atoms with Gasteiger partial charge < -0.3 is 25.2 Å². The van der Waals surface area contributed by atoms with Crippen LogP contribution in [0.4, 0.5) is 0 Å². The Morgan fingerprint density at radius 3 is 2.24 bits per heavy atom. The van der Waals surface area contributed by atoms with Gasteiger partial charge in [0.15, 0.2) is 6.29 Å². The molecule has 0 saturated heterocycles. The first kappa shape index (κ1) is 13.4. The van der Waals surface area contributed by atoms with E-state index in [1.165, 1.54) is 6.08 Å². The van der Waals surface area contributed by atoms with Crippen LogP contribution in [-0.4, -0.2) is 45.0 Å². The molecule has 1 rings (SSSR count). The quantitative estimate of drug-likeness (QED) is 0.423. The Morgan fingerprint density at radius 1 is 1.12 bits per heavy atom. The molecule has 1 aromatic carbocycles. The average Bonchev–Trinajstić information content (AvgIpc) is 2.37. The number of rotatable bonds is 5. The molecule has 0 spiro atoms. The third-order valence-corrected chi connectivity index (χ3v) is 2.23. The summed E-state index contributed by atoms with van der Waals surface area (Å²) in [5, 5.41) is 37.3. The van der Waals surface area contributed by atoms with Gasteiger partial charge in [-0.05, 0) is 11.6 Å². The third kappa shape index (κ3) is 3.67. The summed E-state index contributed by atoms with van der Waals surface area (Å²) in [4.78, 5) is 10.2. The van der Waals surface area contributed by atoms with Crippen LogP contribution in [0.3, 0.4) is 0 Å². The maximum Gasteiger partial charge on any atom is 0.151 e. The first-order chi connectivity index (χ1) is 8.06. The topological polar surface area (TPSA) is 98.0 Å². The number of benzene rings is 1. The zero-order valence-corrected chi connectivity index (χ0v) is 8.97. The number of aliphatic hydroxyl groups excluding tert-OH is 4. The van der Waals surface area contributed by atoms with Gasteiger partial charge in [0.25, 0.3) is 0 Å². The van der Waals surface area contributed by atoms with Crippen molar-refractivity contribution in [3.63, 3.8) is 0 Å². The van der Waals surface area contributed by atoms with Gasteiger partial charge >= 0.3 is 0 Å². The fraction of sp³-hybridized carbons (Fsp3) is 0.250. The molecule has 0 bridgehead atoms. The van der Waals surface area contributed by atoms with E-state index in [1.54, 1.807) is 30.3 Å². The van der Waals surface area contributed by atoms with Crippen molar-refractivity contribution in [2.75, 3.05) is 0 Å². The van der Waals surface area contributed by atoms with Gasteiger partial charge in [-0.25, -0.2) is 0 Å². The van der Waals surface area contributed by atoms with Gasteiger partial charge in [-0.15, -0.1) is 0 Å². The number of hydrogen-bond donors (Lipinski definition) is 4. The van der Waals surface area contributed by atoms with Crippen LogP contribution in [0.15, 0.2) is 36.1 Å². The Hall–Kier alpha value is -1.69. The average molecular weight is 238 g/mol. The maximum atomic E-state index is 10.2. The molecule has 5 heteroatoms. The lowest BCUT2D eigenvalue weighted by Crippen LogP contribution is -2.39. The second-order valence-corrected chi connectivity index (χ2v) is 3.54. The SMILES string of the molecule is O=C[C@H](O)[C@@H](O)[C@H](O)C(O)=Cc1ccccc1. The molecule has 0 aliphatic carbocycles. The van der Waals surface area contributed by atoms with Crippen molar-refractivity contribution in [1.29, 1.82) is 0 Å². The van der Waals surface area contributed by atoms with Crippen LogP contribution in [0.1, 0.15) is 5.56 Å². The summed E-state index contributed by atoms with van der Waals surface area (Å²) in [6.07, 6.45) is -3.88. The normalized spacial score (nSPS) is 17.2. The molecule has 0 amide bonds. The lowest BCUT2D eigenvalue weighted by atomic mass is 10.1. The van der Waals surface area contributed by atoms with E-state index >= 15 is 0 Å². The van der Waals surface area contributed by atoms with Crippen molar-refractivity contribution in [1.82, 2.24) is 0 Å². The van der Waals surface area contributed by atoms with Crippen molar-refractivity contribution in [2.24, 2.45) is 0 Å². The largest absolute Gasteiger partial charge is 0.509 e. The molecule has 0 fully saturated rings. The zero-order valence-electron chi connectivity index (χ0n) is 8.97. The van der Waals surface area contributed by atoms with Crippen LogP contribution >= 0.6 is 0 Å². The van der Waals surface area contributed by atoms with Gasteiger partial charge in [-0.2, -0.15) is 0 Å². The summed E-state index contributed by atoms with van der Waals surface area (Å²) in [5.74, 6) is -0.524. The van der Waals surface area contributed by atoms with Crippen molar-refractivity contribution in [3.05, 3.63) is 41.7 Å². The summed E-state index contributed by atoms with van der Waals surface area (Å²) in [7, 11) is 0. The highest BCUT2D eigenvalue weighted by Gasteiger charge is 2.27. The molecule has 1 aromatic rings. The molecule has 17 heavy (non-hydrogen) atoms. The Kier molecular flexibility index (Phi) is 4.84. The first-order valence-electron chi connectivity index (χ1n) is 5.01. The lowest BCUT2D eigenvalue weighted by Gasteiger charge is -2.18. The molecular formula is C12H14O5. The molecule has 5 nitrogen and oxygen atoms in total. The fourth-order valence-corrected chi connectivity index (χ4v) is 1.25. The number of carbonyl (C=O) groups excluding carboxylic acids is 1. The molecular weight excluding hydrogens is 224 g/mol. The smallest absolute Gasteiger partial charge is 0.151 e. The predicted octanol–water partition coefficient (Wildman–Crippen LogP) is -0.133. The Morgan fingerprint density at radius 2 is 1.71 bits per heavy atom. The Bertz CT molecular complexity index is 387. The van der Waals surface area contributed by atoms with Gasteiger partial charge in [-0.1, -0.05) is 30.3 Å². The monoisotopic (exact) mass is 238 g/mol. The van der Waals surface area contributed by atoms with E-state index in [2.05, 4.69) is 0 Å². The summed E-state index contributed by atoms with van der Waals surface area (Å²) in [5.41, 5.74) is 0.622. The number of aldehydes is 1. The van der Waals surface area contributed by atoms with Crippen molar-refractivity contribution >= 4 is 12.4 Å². The van der Waals surface area contributed by atoms with Crippen molar-refractivity contribution in [3.8, 4) is 0 Å². The van der Waals surface area contributed by atoms with E-state index < -0.39 is 24.1 Å². The van der Waals surface area contributed by atoms with Crippen LogP contribution < -0.4 is 0 Å². The molecule has 0 heterocycles. The third-order valence-electron chi connectivity index (χ3n) is 2.23. The molecule has 0 aliphatic rings. The van der Waals surface area contributed by atoms with Crippen LogP contribution in [-0.2, 0) is 4.79 Å². The van der Waals surface area contributed by atoms with Gasteiger partial charge in [0, 0.05) is 0 Å². The van der Waals surface area contributed by atoms with Gasteiger partial charge in [0.05, 0.1) is 0 Å². The highest BCUT2D eigenvalue weighted by Crippen LogP contribution is 2.11. The van der Waals surface area contributed by atoms with E-state index in [1.807, 2.05) is 0 Å². The summed E-state index contributed by atoms with van der Waals surface area (Å²) >= 11 is 0. The van der Waals surface area contributed by atoms with Crippen LogP contribution in [0, 0.1) is 0 Å². The van der Waals surface area contributed by atoms with E-state index in [4.69, 9.17) is 5.11 Å². The molecule has 0 saturated carbocycles. The van der Waals surface area contributed by atoms with Gasteiger partial charge in [-0.3, -0.25) is 0 Å². The van der Waals surface area contributed by atoms with Gasteiger partial charge in [0.2, 0.25) is 0 Å². The second-order valence-electron chi connectivity index (χ2n) is 3.54. The molecule has 3 atom stereocenters. The Labute approximate surface area is 98.3 Å². The molecule has 0 radical (unpaired) electrons. The fourth-order valence-electron chi connectivity index (χ4n) is 1.25. The number of aliphatic hydroxyl groups is 4. The minimum Gasteiger partial charge on any atom is -0.509 e. The van der Waals surface area contributed by atoms with Gasteiger partial charge in [0.1, 0.15) is 24.1 Å². The highest BCUT2D eigenvalue weighted by atomic mass is 16.4. The summed E-state index contributed by atoms with van der Waals surface area (Å²) in [6.45, 7) is 0. The maximum absolute atomic E-state index is 10.2. The molecule has 4 N–H and O–H groups in total. The van der Waals surface area contributed by atoms with Crippen LogP contribution in [0.5, 0.6) is 0 Å². The van der Waals surface area contributed by atoms with E-state index in [0.717, 1.165) is 0 Å². The first-order valence-corrected chi connectivity index (χ1v) is 5.01. The minimum absolute atomic E-state index is 0.0870. The van der Waals surface area contributed by atoms with Crippen LogP contribution in [0.25, 0.3) is 6.08 Å². The molecule has 92 valence electrons.